The number of aryl methyl sites for hydroxylation is 1. The van der Waals surface area contributed by atoms with Gasteiger partial charge in [-0.2, -0.15) is 0 Å². The molecule has 2 bridgehead atoms. The highest BCUT2D eigenvalue weighted by Crippen LogP contribution is 2.56. The fraction of sp³-hybridized carbons (Fsp3) is 0.409. The Morgan fingerprint density at radius 3 is 2.70 bits per heavy atom. The van der Waals surface area contributed by atoms with Crippen molar-refractivity contribution < 1.29 is 4.79 Å². The number of allylic oxidation sites excluding steroid dienone is 2. The van der Waals surface area contributed by atoms with E-state index in [4.69, 9.17) is 0 Å². The zero-order valence-electron chi connectivity index (χ0n) is 13.6. The van der Waals surface area contributed by atoms with Crippen LogP contribution in [0.25, 0.3) is 10.8 Å². The summed E-state index contributed by atoms with van der Waals surface area (Å²) in [5.74, 6) is 1.63. The van der Waals surface area contributed by atoms with Crippen molar-refractivity contribution in [1.82, 2.24) is 0 Å². The molecule has 3 aliphatic rings. The van der Waals surface area contributed by atoms with Gasteiger partial charge in [0.1, 0.15) is 5.78 Å². The second-order valence-corrected chi connectivity index (χ2v) is 7.78. The van der Waals surface area contributed by atoms with Crippen LogP contribution >= 0.6 is 0 Å². The summed E-state index contributed by atoms with van der Waals surface area (Å²) in [6.45, 7) is 2.20. The average Bonchev–Trinajstić information content (AvgIpc) is 3.15. The Hall–Kier alpha value is -1.89. The molecule has 1 saturated carbocycles. The van der Waals surface area contributed by atoms with Crippen LogP contribution in [0.3, 0.4) is 0 Å². The van der Waals surface area contributed by atoms with Gasteiger partial charge < -0.3 is 0 Å². The van der Waals surface area contributed by atoms with Crippen LogP contribution in [0.5, 0.6) is 0 Å². The van der Waals surface area contributed by atoms with Gasteiger partial charge >= 0.3 is 0 Å². The van der Waals surface area contributed by atoms with Gasteiger partial charge in [0.25, 0.3) is 0 Å². The molecule has 0 saturated heterocycles. The summed E-state index contributed by atoms with van der Waals surface area (Å²) in [6, 6.07) is 11.4. The van der Waals surface area contributed by atoms with Crippen LogP contribution in [0.1, 0.15) is 36.5 Å². The minimum atomic E-state index is -0.0809. The summed E-state index contributed by atoms with van der Waals surface area (Å²) in [5.41, 5.74) is 4.00. The first-order valence-electron chi connectivity index (χ1n) is 8.94. The van der Waals surface area contributed by atoms with Gasteiger partial charge in [-0.05, 0) is 65.0 Å². The smallest absolute Gasteiger partial charge is 0.144 e. The SMILES string of the molecule is CCc1ccc2cc3c(cc2c1)CC1(CC2C=CC1C2)C(=O)C3. The summed E-state index contributed by atoms with van der Waals surface area (Å²) in [5, 5.41) is 2.61. The van der Waals surface area contributed by atoms with Gasteiger partial charge in [-0.1, -0.05) is 49.4 Å². The number of hydrogen-bond acceptors (Lipinski definition) is 1. The van der Waals surface area contributed by atoms with Crippen LogP contribution in [0.2, 0.25) is 0 Å². The van der Waals surface area contributed by atoms with E-state index in [1.54, 1.807) is 0 Å². The number of rotatable bonds is 1. The second kappa shape index (κ2) is 4.56. The third-order valence-electron chi connectivity index (χ3n) is 6.55. The first-order chi connectivity index (χ1) is 11.2. The number of carbonyl (C=O) groups is 1. The van der Waals surface area contributed by atoms with Crippen molar-refractivity contribution in [3.8, 4) is 0 Å². The lowest BCUT2D eigenvalue weighted by Gasteiger charge is -2.38. The number of fused-ring (bicyclic) bond motifs is 5. The molecule has 1 nitrogen and oxygen atoms in total. The fourth-order valence-electron chi connectivity index (χ4n) is 5.26. The molecule has 1 fully saturated rings. The van der Waals surface area contributed by atoms with E-state index in [0.29, 0.717) is 24.0 Å². The molecule has 5 rings (SSSR count). The first-order valence-corrected chi connectivity index (χ1v) is 8.94. The standard InChI is InChI=1S/C22H22O/c1-2-14-3-5-16-9-18-11-21(23)22(12-15-4-6-20(22)8-15)13-19(18)10-17(16)7-14/h3-7,9-10,15,20H,2,8,11-13H2,1H3. The molecule has 0 aromatic heterocycles. The van der Waals surface area contributed by atoms with E-state index in [-0.39, 0.29) is 5.41 Å². The summed E-state index contributed by atoms with van der Waals surface area (Å²) < 4.78 is 0. The molecular weight excluding hydrogens is 280 g/mol. The number of benzene rings is 2. The molecule has 116 valence electrons. The number of hydrogen-bond donors (Lipinski definition) is 0. The van der Waals surface area contributed by atoms with Crippen molar-refractivity contribution in [2.45, 2.75) is 39.0 Å². The second-order valence-electron chi connectivity index (χ2n) is 7.78. The predicted molar refractivity (Wildman–Crippen MR) is 93.5 cm³/mol. The molecule has 2 aromatic rings. The van der Waals surface area contributed by atoms with Crippen molar-refractivity contribution in [2.24, 2.45) is 17.3 Å². The van der Waals surface area contributed by atoms with Crippen molar-refractivity contribution in [3.05, 3.63) is 59.2 Å². The zero-order valence-corrected chi connectivity index (χ0v) is 13.6. The summed E-state index contributed by atoms with van der Waals surface area (Å²) >= 11 is 0. The third kappa shape index (κ3) is 1.83. The van der Waals surface area contributed by atoms with Gasteiger partial charge in [0.2, 0.25) is 0 Å². The van der Waals surface area contributed by atoms with Crippen LogP contribution in [-0.2, 0) is 24.1 Å². The highest BCUT2D eigenvalue weighted by atomic mass is 16.1. The van der Waals surface area contributed by atoms with Crippen molar-refractivity contribution in [3.63, 3.8) is 0 Å². The van der Waals surface area contributed by atoms with Crippen LogP contribution in [-0.4, -0.2) is 5.78 Å². The van der Waals surface area contributed by atoms with Crippen LogP contribution in [0, 0.1) is 17.3 Å². The van der Waals surface area contributed by atoms with Gasteiger partial charge in [-0.25, -0.2) is 0 Å². The number of Topliss-reactive ketones (excluding diaryl/α,β-unsaturated/α-hetero) is 1. The molecule has 0 radical (unpaired) electrons. The average molecular weight is 302 g/mol. The van der Waals surface area contributed by atoms with Gasteiger partial charge in [0, 0.05) is 11.8 Å². The number of carbonyl (C=O) groups excluding carboxylic acids is 1. The van der Waals surface area contributed by atoms with E-state index < -0.39 is 0 Å². The van der Waals surface area contributed by atoms with Crippen LogP contribution in [0.4, 0.5) is 0 Å². The van der Waals surface area contributed by atoms with Crippen molar-refractivity contribution >= 4 is 16.6 Å². The fourth-order valence-corrected chi connectivity index (χ4v) is 5.26. The Labute approximate surface area is 137 Å². The van der Waals surface area contributed by atoms with Crippen molar-refractivity contribution in [2.75, 3.05) is 0 Å². The maximum atomic E-state index is 13.0. The predicted octanol–water partition coefficient (Wildman–Crippen LogP) is 4.65. The Morgan fingerprint density at radius 1 is 1.09 bits per heavy atom. The normalized spacial score (nSPS) is 31.3. The first kappa shape index (κ1) is 13.5. The van der Waals surface area contributed by atoms with Gasteiger partial charge in [0.05, 0.1) is 0 Å². The van der Waals surface area contributed by atoms with Gasteiger partial charge in [-0.3, -0.25) is 4.79 Å². The highest BCUT2D eigenvalue weighted by molar-refractivity contribution is 5.93. The number of ketones is 1. The largest absolute Gasteiger partial charge is 0.299 e. The zero-order chi connectivity index (χ0) is 15.6. The molecule has 2 aromatic carbocycles. The van der Waals surface area contributed by atoms with Crippen LogP contribution in [0.15, 0.2) is 42.5 Å². The Bertz CT molecular complexity index is 860. The molecule has 0 N–H and O–H groups in total. The topological polar surface area (TPSA) is 17.1 Å². The van der Waals surface area contributed by atoms with E-state index in [1.165, 1.54) is 33.9 Å². The maximum Gasteiger partial charge on any atom is 0.144 e. The van der Waals surface area contributed by atoms with E-state index >= 15 is 0 Å². The maximum absolute atomic E-state index is 13.0. The summed E-state index contributed by atoms with van der Waals surface area (Å²) in [7, 11) is 0. The summed E-state index contributed by atoms with van der Waals surface area (Å²) in [4.78, 5) is 13.0. The van der Waals surface area contributed by atoms with Gasteiger partial charge in [-0.15, -0.1) is 0 Å². The molecule has 3 unspecified atom stereocenters. The molecule has 3 aliphatic carbocycles. The lowest BCUT2D eigenvalue weighted by atomic mass is 9.63. The molecule has 1 heteroatoms. The molecule has 3 atom stereocenters. The molecular formula is C22H22O. The lowest BCUT2D eigenvalue weighted by molar-refractivity contribution is -0.130. The molecule has 0 amide bonds. The van der Waals surface area contributed by atoms with Gasteiger partial charge in [0.15, 0.2) is 0 Å². The van der Waals surface area contributed by atoms with Crippen molar-refractivity contribution in [1.29, 1.82) is 0 Å². The minimum Gasteiger partial charge on any atom is -0.299 e. The monoisotopic (exact) mass is 302 g/mol. The van der Waals surface area contributed by atoms with E-state index in [1.807, 2.05) is 0 Å². The van der Waals surface area contributed by atoms with E-state index in [2.05, 4.69) is 49.4 Å². The quantitative estimate of drug-likeness (QED) is 0.701. The van der Waals surface area contributed by atoms with Crippen LogP contribution < -0.4 is 0 Å². The Balaban J connectivity index is 1.63. The Morgan fingerprint density at radius 2 is 1.96 bits per heavy atom. The highest BCUT2D eigenvalue weighted by Gasteiger charge is 2.54. The third-order valence-corrected chi connectivity index (χ3v) is 6.55. The molecule has 23 heavy (non-hydrogen) atoms. The minimum absolute atomic E-state index is 0.0809. The molecule has 1 spiro atoms. The lowest BCUT2D eigenvalue weighted by Crippen LogP contribution is -2.41. The van der Waals surface area contributed by atoms with E-state index in [9.17, 15) is 4.79 Å². The molecule has 0 heterocycles. The molecule has 0 aliphatic heterocycles. The summed E-state index contributed by atoms with van der Waals surface area (Å²) in [6.07, 6.45) is 9.62. The Kier molecular flexibility index (Phi) is 2.69. The van der Waals surface area contributed by atoms with E-state index in [0.717, 1.165) is 19.3 Å².